The number of anilines is 1. The van der Waals surface area contributed by atoms with E-state index in [1.807, 2.05) is 0 Å². The Morgan fingerprint density at radius 3 is 2.60 bits per heavy atom. The fraction of sp³-hybridized carbons (Fsp3) is 0.333. The summed E-state index contributed by atoms with van der Waals surface area (Å²) in [5, 5.41) is 3.59. The van der Waals surface area contributed by atoms with Crippen molar-refractivity contribution in [1.29, 1.82) is 0 Å². The van der Waals surface area contributed by atoms with Crippen LogP contribution < -0.4 is 4.72 Å². The second-order valence-corrected chi connectivity index (χ2v) is 8.01. The van der Waals surface area contributed by atoms with Crippen molar-refractivity contribution in [2.75, 3.05) is 17.9 Å². The molecule has 4 nitrogen and oxygen atoms in total. The molecule has 1 N–H and O–H groups in total. The molecule has 10 heteroatoms. The zero-order chi connectivity index (χ0) is 18.7. The molecule has 2 rings (SSSR count). The minimum Gasteiger partial charge on any atom is -0.372 e. The molecule has 0 aliphatic carbocycles. The van der Waals surface area contributed by atoms with Crippen LogP contribution in [0.5, 0.6) is 0 Å². The molecule has 0 radical (unpaired) electrons. The lowest BCUT2D eigenvalue weighted by Gasteiger charge is -2.14. The highest BCUT2D eigenvalue weighted by Gasteiger charge is 2.27. The van der Waals surface area contributed by atoms with Crippen LogP contribution in [0.1, 0.15) is 11.1 Å². The highest BCUT2D eigenvalue weighted by atomic mass is 35.5. The van der Waals surface area contributed by atoms with E-state index in [-0.39, 0.29) is 22.9 Å². The number of thiophene rings is 1. The van der Waals surface area contributed by atoms with Gasteiger partial charge in [-0.3, -0.25) is 4.72 Å². The van der Waals surface area contributed by atoms with Crippen LogP contribution in [-0.4, -0.2) is 27.8 Å². The number of benzene rings is 1. The van der Waals surface area contributed by atoms with Crippen molar-refractivity contribution in [1.82, 2.24) is 0 Å². The maximum Gasteiger partial charge on any atom is 0.411 e. The van der Waals surface area contributed by atoms with E-state index in [0.717, 1.165) is 0 Å². The first-order chi connectivity index (χ1) is 11.6. The van der Waals surface area contributed by atoms with Crippen LogP contribution in [0, 0.1) is 6.92 Å². The summed E-state index contributed by atoms with van der Waals surface area (Å²) < 4.78 is 68.0. The number of hydrogen-bond acceptors (Lipinski definition) is 4. The molecule has 25 heavy (non-hydrogen) atoms. The SMILES string of the molecule is Cc1c(S(=O)(=O)Nc2ccsc2)ccc(CCOCC(F)(F)F)c1Cl. The summed E-state index contributed by atoms with van der Waals surface area (Å²) in [6, 6.07) is 4.50. The molecular formula is C15H15ClF3NO3S2. The normalized spacial score (nSPS) is 12.4. The minimum absolute atomic E-state index is 0.0173. The van der Waals surface area contributed by atoms with Crippen LogP contribution in [0.3, 0.4) is 0 Å². The third-order valence-corrected chi connectivity index (χ3v) is 6.00. The van der Waals surface area contributed by atoms with E-state index in [1.54, 1.807) is 23.8 Å². The molecule has 1 heterocycles. The van der Waals surface area contributed by atoms with Gasteiger partial charge in [0.15, 0.2) is 0 Å². The van der Waals surface area contributed by atoms with Gasteiger partial charge in [0.1, 0.15) is 6.61 Å². The van der Waals surface area contributed by atoms with E-state index in [9.17, 15) is 21.6 Å². The summed E-state index contributed by atoms with van der Waals surface area (Å²) in [5.74, 6) is 0. The van der Waals surface area contributed by atoms with E-state index in [4.69, 9.17) is 11.6 Å². The van der Waals surface area contributed by atoms with Gasteiger partial charge in [-0.15, -0.1) is 0 Å². The molecule has 0 spiro atoms. The quantitative estimate of drug-likeness (QED) is 0.673. The summed E-state index contributed by atoms with van der Waals surface area (Å²) in [5.41, 5.74) is 1.30. The molecule has 138 valence electrons. The van der Waals surface area contributed by atoms with Gasteiger partial charge in [-0.25, -0.2) is 8.42 Å². The first-order valence-corrected chi connectivity index (χ1v) is 9.88. The lowest BCUT2D eigenvalue weighted by Crippen LogP contribution is -2.18. The van der Waals surface area contributed by atoms with Crippen LogP contribution in [0.4, 0.5) is 18.9 Å². The Morgan fingerprint density at radius 1 is 1.28 bits per heavy atom. The van der Waals surface area contributed by atoms with E-state index < -0.39 is 22.8 Å². The fourth-order valence-electron chi connectivity index (χ4n) is 2.11. The van der Waals surface area contributed by atoms with Gasteiger partial charge in [0.25, 0.3) is 10.0 Å². The van der Waals surface area contributed by atoms with Gasteiger partial charge in [0.05, 0.1) is 17.2 Å². The zero-order valence-corrected chi connectivity index (χ0v) is 15.5. The predicted molar refractivity (Wildman–Crippen MR) is 91.9 cm³/mol. The topological polar surface area (TPSA) is 55.4 Å². The molecule has 0 unspecified atom stereocenters. The third kappa shape index (κ3) is 5.60. The molecule has 0 bridgehead atoms. The van der Waals surface area contributed by atoms with Crippen molar-refractivity contribution < 1.29 is 26.3 Å². The average molecular weight is 414 g/mol. The average Bonchev–Trinajstić information content (AvgIpc) is 2.98. The van der Waals surface area contributed by atoms with Gasteiger partial charge in [-0.05, 0) is 42.0 Å². The van der Waals surface area contributed by atoms with E-state index in [0.29, 0.717) is 16.8 Å². The summed E-state index contributed by atoms with van der Waals surface area (Å²) in [6.45, 7) is 0.0448. The molecule has 1 aromatic heterocycles. The second kappa shape index (κ2) is 7.94. The van der Waals surface area contributed by atoms with E-state index >= 15 is 0 Å². The third-order valence-electron chi connectivity index (χ3n) is 3.26. The van der Waals surface area contributed by atoms with Gasteiger partial charge in [-0.2, -0.15) is 24.5 Å². The minimum atomic E-state index is -4.38. The molecule has 0 amide bonds. The summed E-state index contributed by atoms with van der Waals surface area (Å²) in [6.07, 6.45) is -4.24. The number of sulfonamides is 1. The number of alkyl halides is 3. The van der Waals surface area contributed by atoms with Gasteiger partial charge in [-0.1, -0.05) is 17.7 Å². The summed E-state index contributed by atoms with van der Waals surface area (Å²) in [4.78, 5) is 0.0173. The Hall–Kier alpha value is -1.29. The maximum absolute atomic E-state index is 12.4. The van der Waals surface area contributed by atoms with Crippen molar-refractivity contribution in [3.05, 3.63) is 45.1 Å². The molecule has 0 fully saturated rings. The first-order valence-electron chi connectivity index (χ1n) is 7.07. The van der Waals surface area contributed by atoms with Crippen LogP contribution in [-0.2, 0) is 21.2 Å². The van der Waals surface area contributed by atoms with Crippen molar-refractivity contribution in [2.24, 2.45) is 0 Å². The Kier molecular flexibility index (Phi) is 6.36. The van der Waals surface area contributed by atoms with Gasteiger partial charge in [0, 0.05) is 10.4 Å². The Labute approximate surface area is 152 Å². The molecule has 0 aliphatic heterocycles. The number of hydrogen-bond donors (Lipinski definition) is 1. The lowest BCUT2D eigenvalue weighted by molar-refractivity contribution is -0.173. The van der Waals surface area contributed by atoms with Gasteiger partial charge >= 0.3 is 6.18 Å². The fourth-order valence-corrected chi connectivity index (χ4v) is 4.39. The maximum atomic E-state index is 12.4. The molecule has 1 aromatic carbocycles. The largest absolute Gasteiger partial charge is 0.411 e. The molecule has 0 saturated heterocycles. The Balaban J connectivity index is 2.11. The Bertz CT molecular complexity index is 821. The number of halogens is 4. The Morgan fingerprint density at radius 2 is 2.00 bits per heavy atom. The van der Waals surface area contributed by atoms with E-state index in [1.165, 1.54) is 23.5 Å². The van der Waals surface area contributed by atoms with Gasteiger partial charge < -0.3 is 4.74 Å². The van der Waals surface area contributed by atoms with Crippen LogP contribution in [0.25, 0.3) is 0 Å². The summed E-state index contributed by atoms with van der Waals surface area (Å²) in [7, 11) is -3.81. The zero-order valence-electron chi connectivity index (χ0n) is 13.1. The molecule has 0 atom stereocenters. The summed E-state index contributed by atoms with van der Waals surface area (Å²) >= 11 is 7.54. The van der Waals surface area contributed by atoms with Crippen molar-refractivity contribution >= 4 is 38.6 Å². The number of nitrogens with one attached hydrogen (secondary N) is 1. The highest BCUT2D eigenvalue weighted by molar-refractivity contribution is 7.92. The molecule has 2 aromatic rings. The lowest BCUT2D eigenvalue weighted by atomic mass is 10.1. The standard InChI is InChI=1S/C15H15ClF3NO3S2/c1-10-13(25(21,22)20-12-5-7-24-8-12)3-2-11(14(10)16)4-6-23-9-15(17,18)19/h2-3,5,7-8,20H,4,6,9H2,1H3. The van der Waals surface area contributed by atoms with E-state index in [2.05, 4.69) is 9.46 Å². The number of rotatable bonds is 7. The van der Waals surface area contributed by atoms with Crippen molar-refractivity contribution in [3.8, 4) is 0 Å². The first kappa shape index (κ1) is 20.0. The second-order valence-electron chi connectivity index (χ2n) is 5.20. The predicted octanol–water partition coefficient (Wildman–Crippen LogP) is 4.63. The van der Waals surface area contributed by atoms with Crippen molar-refractivity contribution in [2.45, 2.75) is 24.4 Å². The molecule has 0 saturated carbocycles. The van der Waals surface area contributed by atoms with Gasteiger partial charge in [0.2, 0.25) is 0 Å². The highest BCUT2D eigenvalue weighted by Crippen LogP contribution is 2.29. The number of ether oxygens (including phenoxy) is 1. The van der Waals surface area contributed by atoms with Crippen molar-refractivity contribution in [3.63, 3.8) is 0 Å². The van der Waals surface area contributed by atoms with Crippen LogP contribution in [0.15, 0.2) is 33.9 Å². The smallest absolute Gasteiger partial charge is 0.372 e. The van der Waals surface area contributed by atoms with Crippen LogP contribution >= 0.6 is 22.9 Å². The van der Waals surface area contributed by atoms with Crippen LogP contribution in [0.2, 0.25) is 5.02 Å². The monoisotopic (exact) mass is 413 g/mol. The molecule has 0 aliphatic rings. The molecular weight excluding hydrogens is 399 g/mol.